The molecule has 6 nitrogen and oxygen atoms in total. The molecule has 0 atom stereocenters. The molecule has 0 aliphatic carbocycles. The number of likely N-dealkylation sites (tertiary alicyclic amines) is 1. The first-order valence-corrected chi connectivity index (χ1v) is 7.55. The lowest BCUT2D eigenvalue weighted by Crippen LogP contribution is -2.43. The van der Waals surface area contributed by atoms with Gasteiger partial charge < -0.3 is 15.7 Å². The SMILES string of the molecule is Cc1cc(F)ccc1-n1cc(O)c(C(=O)N2CCC(N)CC2)n1. The van der Waals surface area contributed by atoms with E-state index in [1.807, 2.05) is 0 Å². The monoisotopic (exact) mass is 318 g/mol. The van der Waals surface area contributed by atoms with Crippen LogP contribution in [0, 0.1) is 12.7 Å². The molecule has 1 saturated heterocycles. The van der Waals surface area contributed by atoms with Gasteiger partial charge in [-0.3, -0.25) is 4.79 Å². The summed E-state index contributed by atoms with van der Waals surface area (Å²) in [5, 5.41) is 14.2. The average Bonchev–Trinajstić information content (AvgIpc) is 2.89. The third-order valence-corrected chi connectivity index (χ3v) is 4.13. The topological polar surface area (TPSA) is 84.4 Å². The van der Waals surface area contributed by atoms with Gasteiger partial charge >= 0.3 is 0 Å². The highest BCUT2D eigenvalue weighted by Crippen LogP contribution is 2.23. The van der Waals surface area contributed by atoms with Crippen molar-refractivity contribution < 1.29 is 14.3 Å². The van der Waals surface area contributed by atoms with E-state index in [0.29, 0.717) is 24.3 Å². The Labute approximate surface area is 133 Å². The van der Waals surface area contributed by atoms with Crippen molar-refractivity contribution in [3.05, 3.63) is 41.5 Å². The van der Waals surface area contributed by atoms with Crippen molar-refractivity contribution in [2.24, 2.45) is 5.73 Å². The van der Waals surface area contributed by atoms with E-state index in [1.54, 1.807) is 17.9 Å². The predicted octanol–water partition coefficient (Wildman–Crippen LogP) is 1.59. The summed E-state index contributed by atoms with van der Waals surface area (Å²) in [7, 11) is 0. The highest BCUT2D eigenvalue weighted by molar-refractivity contribution is 5.94. The van der Waals surface area contributed by atoms with Crippen molar-refractivity contribution >= 4 is 5.91 Å². The van der Waals surface area contributed by atoms with Gasteiger partial charge in [0.15, 0.2) is 11.4 Å². The summed E-state index contributed by atoms with van der Waals surface area (Å²) in [6.45, 7) is 2.86. The third-order valence-electron chi connectivity index (χ3n) is 4.13. The first-order chi connectivity index (χ1) is 11.0. The molecule has 1 fully saturated rings. The molecule has 0 saturated carbocycles. The fourth-order valence-electron chi connectivity index (χ4n) is 2.77. The zero-order chi connectivity index (χ0) is 16.6. The van der Waals surface area contributed by atoms with Crippen molar-refractivity contribution in [1.82, 2.24) is 14.7 Å². The average molecular weight is 318 g/mol. The fourth-order valence-corrected chi connectivity index (χ4v) is 2.77. The van der Waals surface area contributed by atoms with Crippen LogP contribution in [0.25, 0.3) is 5.69 Å². The lowest BCUT2D eigenvalue weighted by atomic mass is 10.1. The van der Waals surface area contributed by atoms with Crippen molar-refractivity contribution in [3.63, 3.8) is 0 Å². The number of halogens is 1. The summed E-state index contributed by atoms with van der Waals surface area (Å²) in [4.78, 5) is 14.1. The molecular formula is C16H19FN4O2. The zero-order valence-corrected chi connectivity index (χ0v) is 12.9. The molecule has 0 unspecified atom stereocenters. The van der Waals surface area contributed by atoms with Gasteiger partial charge in [-0.05, 0) is 43.5 Å². The molecule has 122 valence electrons. The molecule has 2 aromatic rings. The number of piperidine rings is 1. The first kappa shape index (κ1) is 15.5. The van der Waals surface area contributed by atoms with Crippen LogP contribution in [-0.4, -0.2) is 44.8 Å². The predicted molar refractivity (Wildman–Crippen MR) is 83.0 cm³/mol. The summed E-state index contributed by atoms with van der Waals surface area (Å²) in [6.07, 6.45) is 2.84. The Morgan fingerprint density at radius 3 is 2.74 bits per heavy atom. The van der Waals surface area contributed by atoms with Crippen LogP contribution < -0.4 is 5.73 Å². The van der Waals surface area contributed by atoms with Crippen molar-refractivity contribution in [1.29, 1.82) is 0 Å². The normalized spacial score (nSPS) is 15.9. The van der Waals surface area contributed by atoms with E-state index in [9.17, 15) is 14.3 Å². The number of aromatic nitrogens is 2. The molecule has 0 spiro atoms. The van der Waals surface area contributed by atoms with E-state index in [2.05, 4.69) is 5.10 Å². The van der Waals surface area contributed by atoms with Gasteiger partial charge in [-0.25, -0.2) is 9.07 Å². The Morgan fingerprint density at radius 2 is 2.09 bits per heavy atom. The molecule has 1 amide bonds. The minimum atomic E-state index is -0.344. The van der Waals surface area contributed by atoms with E-state index in [-0.39, 0.29) is 29.2 Å². The van der Waals surface area contributed by atoms with Gasteiger partial charge in [0.2, 0.25) is 0 Å². The lowest BCUT2D eigenvalue weighted by molar-refractivity contribution is 0.0705. The van der Waals surface area contributed by atoms with Crippen molar-refractivity contribution in [3.8, 4) is 11.4 Å². The number of nitrogens with two attached hydrogens (primary N) is 1. The van der Waals surface area contributed by atoms with E-state index < -0.39 is 0 Å². The van der Waals surface area contributed by atoms with Crippen LogP contribution >= 0.6 is 0 Å². The van der Waals surface area contributed by atoms with Gasteiger partial charge in [-0.15, -0.1) is 0 Å². The molecule has 1 aromatic heterocycles. The maximum absolute atomic E-state index is 13.2. The molecule has 3 rings (SSSR count). The van der Waals surface area contributed by atoms with Gasteiger partial charge in [0.05, 0.1) is 11.9 Å². The summed E-state index contributed by atoms with van der Waals surface area (Å²) in [5.41, 5.74) is 7.12. The van der Waals surface area contributed by atoms with Crippen LogP contribution in [0.1, 0.15) is 28.9 Å². The molecule has 1 aliphatic rings. The molecule has 0 bridgehead atoms. The fraction of sp³-hybridized carbons (Fsp3) is 0.375. The largest absolute Gasteiger partial charge is 0.504 e. The van der Waals surface area contributed by atoms with E-state index in [4.69, 9.17) is 5.73 Å². The second-order valence-corrected chi connectivity index (χ2v) is 5.87. The number of hydrogen-bond acceptors (Lipinski definition) is 4. The van der Waals surface area contributed by atoms with E-state index >= 15 is 0 Å². The van der Waals surface area contributed by atoms with Crippen molar-refractivity contribution in [2.45, 2.75) is 25.8 Å². The highest BCUT2D eigenvalue weighted by atomic mass is 19.1. The maximum atomic E-state index is 13.2. The quantitative estimate of drug-likeness (QED) is 0.880. The van der Waals surface area contributed by atoms with E-state index in [1.165, 1.54) is 23.0 Å². The molecule has 2 heterocycles. The van der Waals surface area contributed by atoms with Gasteiger partial charge in [0, 0.05) is 19.1 Å². The number of aromatic hydroxyl groups is 1. The summed E-state index contributed by atoms with van der Waals surface area (Å²) in [6, 6.07) is 4.37. The van der Waals surface area contributed by atoms with Gasteiger partial charge in [0.25, 0.3) is 5.91 Å². The number of amides is 1. The number of nitrogens with zero attached hydrogens (tertiary/aromatic N) is 3. The number of carbonyl (C=O) groups is 1. The Morgan fingerprint density at radius 1 is 1.39 bits per heavy atom. The summed E-state index contributed by atoms with van der Waals surface area (Å²) < 4.78 is 14.6. The van der Waals surface area contributed by atoms with Crippen LogP contribution in [-0.2, 0) is 0 Å². The smallest absolute Gasteiger partial charge is 0.278 e. The summed E-state index contributed by atoms with van der Waals surface area (Å²) >= 11 is 0. The number of hydrogen-bond donors (Lipinski definition) is 2. The Balaban J connectivity index is 1.87. The van der Waals surface area contributed by atoms with Crippen LogP contribution in [0.5, 0.6) is 5.75 Å². The van der Waals surface area contributed by atoms with Crippen molar-refractivity contribution in [2.75, 3.05) is 13.1 Å². The third kappa shape index (κ3) is 3.05. The molecule has 7 heteroatoms. The molecule has 1 aliphatic heterocycles. The van der Waals surface area contributed by atoms with E-state index in [0.717, 1.165) is 12.8 Å². The number of benzene rings is 1. The van der Waals surface area contributed by atoms with Crippen LogP contribution in [0.15, 0.2) is 24.4 Å². The van der Waals surface area contributed by atoms with Crippen LogP contribution in [0.4, 0.5) is 4.39 Å². The zero-order valence-electron chi connectivity index (χ0n) is 12.9. The highest BCUT2D eigenvalue weighted by Gasteiger charge is 2.26. The van der Waals surface area contributed by atoms with Gasteiger partial charge in [-0.1, -0.05) is 0 Å². The number of rotatable bonds is 2. The Bertz CT molecular complexity index is 736. The molecule has 1 aromatic carbocycles. The minimum absolute atomic E-state index is 0.00389. The van der Waals surface area contributed by atoms with Crippen LogP contribution in [0.3, 0.4) is 0 Å². The van der Waals surface area contributed by atoms with Gasteiger partial charge in [0.1, 0.15) is 5.82 Å². The molecule has 3 N–H and O–H groups in total. The summed E-state index contributed by atoms with van der Waals surface area (Å²) in [5.74, 6) is -0.843. The molecule has 23 heavy (non-hydrogen) atoms. The Kier molecular flexibility index (Phi) is 4.04. The second-order valence-electron chi connectivity index (χ2n) is 5.87. The van der Waals surface area contributed by atoms with Gasteiger partial charge in [-0.2, -0.15) is 5.10 Å². The number of aryl methyl sites for hydroxylation is 1. The Hall–Kier alpha value is -2.41. The number of carbonyl (C=O) groups excluding carboxylic acids is 1. The first-order valence-electron chi connectivity index (χ1n) is 7.55. The minimum Gasteiger partial charge on any atom is -0.504 e. The molecule has 0 radical (unpaired) electrons. The molecular weight excluding hydrogens is 299 g/mol. The second kappa shape index (κ2) is 6.00. The standard InChI is InChI=1S/C16H19FN4O2/c1-10-8-11(17)2-3-13(10)21-9-14(22)15(19-21)16(23)20-6-4-12(18)5-7-20/h2-3,8-9,12,22H,4-7,18H2,1H3. The maximum Gasteiger partial charge on any atom is 0.278 e. The lowest BCUT2D eigenvalue weighted by Gasteiger charge is -2.29. The van der Waals surface area contributed by atoms with Crippen LogP contribution in [0.2, 0.25) is 0 Å².